The Bertz CT molecular complexity index is 357. The molecule has 0 bridgehead atoms. The molecular weight excluding hydrogens is 259 g/mol. The van der Waals surface area contributed by atoms with Gasteiger partial charge in [-0.3, -0.25) is 0 Å². The van der Waals surface area contributed by atoms with E-state index < -0.39 is 29.4 Å². The number of rotatable bonds is 3. The summed E-state index contributed by atoms with van der Waals surface area (Å²) in [6.07, 6.45) is -2.96. The first kappa shape index (κ1) is 12.4. The number of ether oxygens (including phenoxy) is 1. The van der Waals surface area contributed by atoms with Crippen molar-refractivity contribution in [3.8, 4) is 5.75 Å². The third-order valence-corrected chi connectivity index (χ3v) is 2.31. The second kappa shape index (κ2) is 4.90. The average molecular weight is 263 g/mol. The lowest BCUT2D eigenvalue weighted by molar-refractivity contribution is -0.0518. The van der Waals surface area contributed by atoms with Crippen molar-refractivity contribution >= 4 is 23.2 Å². The number of benzene rings is 1. The molecule has 0 fully saturated rings. The fourth-order valence-electron chi connectivity index (χ4n) is 0.928. The van der Waals surface area contributed by atoms with E-state index in [-0.39, 0.29) is 5.02 Å². The summed E-state index contributed by atoms with van der Waals surface area (Å²) in [6.45, 7) is -3.24. The highest BCUT2D eigenvalue weighted by molar-refractivity contribution is 6.43. The molecule has 0 aliphatic heterocycles. The highest BCUT2D eigenvalue weighted by atomic mass is 35.5. The van der Waals surface area contributed by atoms with Crippen molar-refractivity contribution in [3.05, 3.63) is 27.7 Å². The maximum atomic E-state index is 12.4. The van der Waals surface area contributed by atoms with Crippen molar-refractivity contribution in [2.45, 2.75) is 13.0 Å². The molecule has 0 atom stereocenters. The van der Waals surface area contributed by atoms with E-state index in [4.69, 9.17) is 23.2 Å². The molecular formula is C8H4Cl2F4O. The Morgan fingerprint density at radius 3 is 2.13 bits per heavy atom. The van der Waals surface area contributed by atoms with Crippen LogP contribution in [0.25, 0.3) is 0 Å². The molecule has 0 spiro atoms. The topological polar surface area (TPSA) is 9.23 Å². The molecule has 1 nitrogen and oxygen atoms in total. The van der Waals surface area contributed by atoms with Gasteiger partial charge >= 0.3 is 6.61 Å². The van der Waals surface area contributed by atoms with Gasteiger partial charge < -0.3 is 4.74 Å². The van der Waals surface area contributed by atoms with E-state index >= 15 is 0 Å². The van der Waals surface area contributed by atoms with Gasteiger partial charge in [0.25, 0.3) is 6.43 Å². The molecule has 0 aliphatic carbocycles. The van der Waals surface area contributed by atoms with Crippen LogP contribution in [0, 0.1) is 0 Å². The summed E-state index contributed by atoms with van der Waals surface area (Å²) in [7, 11) is 0. The molecule has 0 amide bonds. The van der Waals surface area contributed by atoms with E-state index in [1.54, 1.807) is 0 Å². The SMILES string of the molecule is FC(F)Oc1c(C(F)F)ccc(Cl)c1Cl. The van der Waals surface area contributed by atoms with Crippen molar-refractivity contribution in [1.82, 2.24) is 0 Å². The van der Waals surface area contributed by atoms with Crippen LogP contribution in [0.3, 0.4) is 0 Å². The highest BCUT2D eigenvalue weighted by Crippen LogP contribution is 2.40. The van der Waals surface area contributed by atoms with Crippen LogP contribution in [-0.4, -0.2) is 6.61 Å². The zero-order valence-corrected chi connectivity index (χ0v) is 8.50. The van der Waals surface area contributed by atoms with E-state index in [1.165, 1.54) is 0 Å². The standard InChI is InChI=1S/C8H4Cl2F4O/c9-4-2-1-3(7(11)12)6(5(4)10)15-8(13)14/h1-2,7-8H. The minimum atomic E-state index is -3.24. The van der Waals surface area contributed by atoms with Gasteiger partial charge in [-0.15, -0.1) is 0 Å². The Hall–Kier alpha value is -0.680. The highest BCUT2D eigenvalue weighted by Gasteiger charge is 2.21. The molecule has 0 N–H and O–H groups in total. The van der Waals surface area contributed by atoms with Gasteiger partial charge in [-0.1, -0.05) is 23.2 Å². The first-order chi connectivity index (χ1) is 6.93. The molecule has 0 saturated heterocycles. The Kier molecular flexibility index (Phi) is 4.04. The van der Waals surface area contributed by atoms with Gasteiger partial charge in [0.2, 0.25) is 0 Å². The molecule has 7 heteroatoms. The number of hydrogen-bond acceptors (Lipinski definition) is 1. The van der Waals surface area contributed by atoms with Crippen molar-refractivity contribution < 1.29 is 22.3 Å². The normalized spacial score (nSPS) is 11.2. The van der Waals surface area contributed by atoms with Crippen LogP contribution in [0.5, 0.6) is 5.75 Å². The second-order valence-electron chi connectivity index (χ2n) is 2.46. The van der Waals surface area contributed by atoms with E-state index in [2.05, 4.69) is 4.74 Å². The molecule has 0 saturated carbocycles. The van der Waals surface area contributed by atoms with Crippen molar-refractivity contribution in [3.63, 3.8) is 0 Å². The summed E-state index contributed by atoms with van der Waals surface area (Å²) in [5.74, 6) is -0.783. The van der Waals surface area contributed by atoms with Crippen LogP contribution in [-0.2, 0) is 0 Å². The molecule has 15 heavy (non-hydrogen) atoms. The van der Waals surface area contributed by atoms with Crippen molar-refractivity contribution in [2.75, 3.05) is 0 Å². The van der Waals surface area contributed by atoms with Crippen LogP contribution in [0.4, 0.5) is 17.6 Å². The van der Waals surface area contributed by atoms with E-state index in [1.807, 2.05) is 0 Å². The fourth-order valence-corrected chi connectivity index (χ4v) is 1.29. The van der Waals surface area contributed by atoms with Crippen LogP contribution in [0.2, 0.25) is 10.0 Å². The fraction of sp³-hybridized carbons (Fsp3) is 0.250. The number of alkyl halides is 4. The maximum absolute atomic E-state index is 12.4. The molecule has 0 heterocycles. The monoisotopic (exact) mass is 262 g/mol. The van der Waals surface area contributed by atoms with Crippen LogP contribution >= 0.6 is 23.2 Å². The minimum absolute atomic E-state index is 0.128. The molecule has 0 aliphatic rings. The Morgan fingerprint density at radius 2 is 1.67 bits per heavy atom. The van der Waals surface area contributed by atoms with E-state index in [0.29, 0.717) is 0 Å². The Labute approximate surface area is 92.5 Å². The Balaban J connectivity index is 3.22. The van der Waals surface area contributed by atoms with Crippen molar-refractivity contribution in [2.24, 2.45) is 0 Å². The molecule has 0 radical (unpaired) electrons. The smallest absolute Gasteiger partial charge is 0.387 e. The van der Waals surface area contributed by atoms with Crippen molar-refractivity contribution in [1.29, 1.82) is 0 Å². The first-order valence-corrected chi connectivity index (χ1v) is 4.40. The number of halogens is 6. The zero-order chi connectivity index (χ0) is 11.6. The summed E-state index contributed by atoms with van der Waals surface area (Å²) in [6, 6.07) is 1.97. The lowest BCUT2D eigenvalue weighted by atomic mass is 10.2. The summed E-state index contributed by atoms with van der Waals surface area (Å²) < 4.78 is 52.4. The summed E-state index contributed by atoms with van der Waals surface area (Å²) >= 11 is 10.9. The van der Waals surface area contributed by atoms with E-state index in [9.17, 15) is 17.6 Å². The first-order valence-electron chi connectivity index (χ1n) is 3.64. The lowest BCUT2D eigenvalue weighted by Gasteiger charge is -2.12. The number of hydrogen-bond donors (Lipinski definition) is 0. The molecule has 1 aromatic rings. The average Bonchev–Trinajstić information content (AvgIpc) is 2.12. The maximum Gasteiger partial charge on any atom is 0.387 e. The summed E-state index contributed by atoms with van der Waals surface area (Å²) in [5.41, 5.74) is -0.718. The van der Waals surface area contributed by atoms with Crippen LogP contribution < -0.4 is 4.74 Å². The second-order valence-corrected chi connectivity index (χ2v) is 3.24. The summed E-state index contributed by atoms with van der Waals surface area (Å²) in [4.78, 5) is 0. The predicted molar refractivity (Wildman–Crippen MR) is 48.1 cm³/mol. The van der Waals surface area contributed by atoms with Gasteiger partial charge in [-0.2, -0.15) is 8.78 Å². The third-order valence-electron chi connectivity index (χ3n) is 1.52. The predicted octanol–water partition coefficient (Wildman–Crippen LogP) is 4.53. The van der Waals surface area contributed by atoms with Gasteiger partial charge in [0.05, 0.1) is 10.6 Å². The molecule has 84 valence electrons. The Morgan fingerprint density at radius 1 is 1.07 bits per heavy atom. The van der Waals surface area contributed by atoms with Gasteiger partial charge in [0.1, 0.15) is 5.02 Å². The third kappa shape index (κ3) is 2.89. The largest absolute Gasteiger partial charge is 0.433 e. The van der Waals surface area contributed by atoms with Gasteiger partial charge in [0.15, 0.2) is 5.75 Å². The van der Waals surface area contributed by atoms with Crippen LogP contribution in [0.15, 0.2) is 12.1 Å². The molecule has 1 aromatic carbocycles. The quantitative estimate of drug-likeness (QED) is 0.728. The molecule has 1 rings (SSSR count). The van der Waals surface area contributed by atoms with Gasteiger partial charge in [-0.25, -0.2) is 8.78 Å². The van der Waals surface area contributed by atoms with Gasteiger partial charge in [0, 0.05) is 0 Å². The minimum Gasteiger partial charge on any atom is -0.433 e. The molecule has 0 unspecified atom stereocenters. The molecule has 0 aromatic heterocycles. The van der Waals surface area contributed by atoms with Crippen LogP contribution in [0.1, 0.15) is 12.0 Å². The zero-order valence-electron chi connectivity index (χ0n) is 6.99. The lowest BCUT2D eigenvalue weighted by Crippen LogP contribution is -2.05. The van der Waals surface area contributed by atoms with E-state index in [0.717, 1.165) is 12.1 Å². The van der Waals surface area contributed by atoms with Gasteiger partial charge in [-0.05, 0) is 12.1 Å². The summed E-state index contributed by atoms with van der Waals surface area (Å²) in [5, 5.41) is -0.577.